The average Bonchev–Trinajstić information content (AvgIpc) is 3.12. The third kappa shape index (κ3) is 4.86. The Morgan fingerprint density at radius 1 is 1.00 bits per heavy atom. The van der Waals surface area contributed by atoms with Gasteiger partial charge in [0, 0.05) is 4.88 Å². The first-order valence-electron chi connectivity index (χ1n) is 8.77. The average molecular weight is 415 g/mol. The largest absolute Gasteiger partial charge is 0.345 e. The summed E-state index contributed by atoms with van der Waals surface area (Å²) in [4.78, 5) is 13.3. The summed E-state index contributed by atoms with van der Waals surface area (Å²) in [6.07, 6.45) is 0.0916. The van der Waals surface area contributed by atoms with E-state index in [0.29, 0.717) is 4.88 Å². The SMILES string of the molecule is Cc1ccc(C(NC(=O)Cc2ccc(S(N)(=O)=O)s2)c2ccccc2)cc1C. The first kappa shape index (κ1) is 20.3. The first-order valence-corrected chi connectivity index (χ1v) is 11.1. The second-order valence-corrected chi connectivity index (χ2v) is 9.65. The molecule has 0 fully saturated rings. The summed E-state index contributed by atoms with van der Waals surface area (Å²) in [6.45, 7) is 4.10. The molecule has 2 aromatic carbocycles. The van der Waals surface area contributed by atoms with Crippen molar-refractivity contribution >= 4 is 27.3 Å². The van der Waals surface area contributed by atoms with E-state index in [9.17, 15) is 13.2 Å². The number of sulfonamides is 1. The summed E-state index contributed by atoms with van der Waals surface area (Å²) in [5.74, 6) is -0.185. The molecule has 28 heavy (non-hydrogen) atoms. The minimum absolute atomic E-state index is 0.0593. The van der Waals surface area contributed by atoms with Gasteiger partial charge in [-0.25, -0.2) is 13.6 Å². The van der Waals surface area contributed by atoms with Gasteiger partial charge in [-0.05, 0) is 48.2 Å². The molecule has 0 spiro atoms. The Labute approximate surface area is 169 Å². The summed E-state index contributed by atoms with van der Waals surface area (Å²) in [5, 5.41) is 8.22. The number of hydrogen-bond acceptors (Lipinski definition) is 4. The fraction of sp³-hybridized carbons (Fsp3) is 0.190. The van der Waals surface area contributed by atoms with E-state index in [1.165, 1.54) is 11.6 Å². The number of primary sulfonamides is 1. The van der Waals surface area contributed by atoms with Crippen molar-refractivity contribution in [2.24, 2.45) is 5.14 Å². The second kappa shape index (κ2) is 8.26. The molecule has 146 valence electrons. The Hall–Kier alpha value is -2.48. The second-order valence-electron chi connectivity index (χ2n) is 6.70. The quantitative estimate of drug-likeness (QED) is 0.647. The molecule has 1 amide bonds. The molecule has 0 saturated carbocycles. The van der Waals surface area contributed by atoms with Crippen molar-refractivity contribution in [3.63, 3.8) is 0 Å². The number of aryl methyl sites for hydroxylation is 2. The Morgan fingerprint density at radius 2 is 1.71 bits per heavy atom. The van der Waals surface area contributed by atoms with Gasteiger partial charge in [-0.1, -0.05) is 48.5 Å². The third-order valence-corrected chi connectivity index (χ3v) is 7.08. The number of benzene rings is 2. The van der Waals surface area contributed by atoms with Gasteiger partial charge in [0.1, 0.15) is 4.21 Å². The Morgan fingerprint density at radius 3 is 2.32 bits per heavy atom. The molecular formula is C21H22N2O3S2. The van der Waals surface area contributed by atoms with Gasteiger partial charge in [0.05, 0.1) is 12.5 Å². The normalized spacial score (nSPS) is 12.5. The lowest BCUT2D eigenvalue weighted by Gasteiger charge is -2.21. The fourth-order valence-electron chi connectivity index (χ4n) is 2.93. The van der Waals surface area contributed by atoms with E-state index in [1.54, 1.807) is 6.07 Å². The number of amides is 1. The van der Waals surface area contributed by atoms with Crippen molar-refractivity contribution < 1.29 is 13.2 Å². The Bertz CT molecular complexity index is 1090. The minimum atomic E-state index is -3.75. The molecule has 0 aliphatic heterocycles. The molecule has 1 aromatic heterocycles. The molecule has 3 rings (SSSR count). The highest BCUT2D eigenvalue weighted by molar-refractivity contribution is 7.91. The van der Waals surface area contributed by atoms with E-state index in [1.807, 2.05) is 49.4 Å². The molecule has 1 unspecified atom stereocenters. The van der Waals surface area contributed by atoms with Gasteiger partial charge in [-0.15, -0.1) is 11.3 Å². The van der Waals surface area contributed by atoms with Crippen molar-refractivity contribution in [3.8, 4) is 0 Å². The van der Waals surface area contributed by atoms with Crippen molar-refractivity contribution in [2.45, 2.75) is 30.5 Å². The number of hydrogen-bond donors (Lipinski definition) is 2. The molecule has 0 bridgehead atoms. The van der Waals surface area contributed by atoms with Crippen LogP contribution in [0.5, 0.6) is 0 Å². The van der Waals surface area contributed by atoms with Crippen LogP contribution in [0.2, 0.25) is 0 Å². The lowest BCUT2D eigenvalue weighted by Crippen LogP contribution is -2.30. The highest BCUT2D eigenvalue weighted by Gasteiger charge is 2.19. The molecule has 0 aliphatic carbocycles. The smallest absolute Gasteiger partial charge is 0.247 e. The Kier molecular flexibility index (Phi) is 5.98. The maximum Gasteiger partial charge on any atom is 0.247 e. The van der Waals surface area contributed by atoms with Crippen LogP contribution in [0.25, 0.3) is 0 Å². The van der Waals surface area contributed by atoms with E-state index in [-0.39, 0.29) is 22.6 Å². The number of rotatable bonds is 6. The monoisotopic (exact) mass is 414 g/mol. The van der Waals surface area contributed by atoms with E-state index in [2.05, 4.69) is 18.3 Å². The van der Waals surface area contributed by atoms with Crippen molar-refractivity contribution in [1.29, 1.82) is 0 Å². The zero-order chi connectivity index (χ0) is 20.3. The molecule has 3 N–H and O–H groups in total. The maximum atomic E-state index is 12.7. The molecule has 1 heterocycles. The van der Waals surface area contributed by atoms with E-state index >= 15 is 0 Å². The van der Waals surface area contributed by atoms with Gasteiger partial charge >= 0.3 is 0 Å². The molecule has 0 aliphatic rings. The van der Waals surface area contributed by atoms with Gasteiger partial charge in [-0.2, -0.15) is 0 Å². The van der Waals surface area contributed by atoms with Crippen LogP contribution in [-0.2, 0) is 21.2 Å². The number of thiophene rings is 1. The van der Waals surface area contributed by atoms with Gasteiger partial charge in [-0.3, -0.25) is 4.79 Å². The van der Waals surface area contributed by atoms with Crippen molar-refractivity contribution in [2.75, 3.05) is 0 Å². The zero-order valence-electron chi connectivity index (χ0n) is 15.7. The van der Waals surface area contributed by atoms with Crippen LogP contribution in [-0.4, -0.2) is 14.3 Å². The van der Waals surface area contributed by atoms with Crippen LogP contribution < -0.4 is 10.5 Å². The number of nitrogens with two attached hydrogens (primary N) is 1. The van der Waals surface area contributed by atoms with Crippen LogP contribution in [0.1, 0.15) is 33.2 Å². The number of carbonyl (C=O) groups excluding carboxylic acids is 1. The Balaban J connectivity index is 1.84. The lowest BCUT2D eigenvalue weighted by atomic mass is 9.95. The van der Waals surface area contributed by atoms with Gasteiger partial charge in [0.25, 0.3) is 0 Å². The molecular weight excluding hydrogens is 392 g/mol. The lowest BCUT2D eigenvalue weighted by molar-refractivity contribution is -0.120. The fourth-order valence-corrected chi connectivity index (χ4v) is 4.70. The first-order chi connectivity index (χ1) is 13.2. The topological polar surface area (TPSA) is 89.3 Å². The van der Waals surface area contributed by atoms with Gasteiger partial charge in [0.15, 0.2) is 0 Å². The van der Waals surface area contributed by atoms with Gasteiger partial charge in [0.2, 0.25) is 15.9 Å². The van der Waals surface area contributed by atoms with E-state index in [4.69, 9.17) is 5.14 Å². The van der Waals surface area contributed by atoms with Crippen LogP contribution in [0.3, 0.4) is 0 Å². The van der Waals surface area contributed by atoms with Crippen LogP contribution in [0.4, 0.5) is 0 Å². The predicted octanol–water partition coefficient (Wildman–Crippen LogP) is 3.46. The summed E-state index contributed by atoms with van der Waals surface area (Å²) in [5.41, 5.74) is 4.33. The zero-order valence-corrected chi connectivity index (χ0v) is 17.3. The van der Waals surface area contributed by atoms with Crippen LogP contribution in [0, 0.1) is 13.8 Å². The standard InChI is InChI=1S/C21H22N2O3S2/c1-14-8-9-17(12-15(14)2)21(16-6-4-3-5-7-16)23-19(24)13-18-10-11-20(27-18)28(22,25)26/h3-12,21H,13H2,1-2H3,(H,23,24)(H2,22,25,26). The molecule has 0 saturated heterocycles. The molecule has 7 heteroatoms. The van der Waals surface area contributed by atoms with Gasteiger partial charge < -0.3 is 5.32 Å². The highest BCUT2D eigenvalue weighted by atomic mass is 32.2. The van der Waals surface area contributed by atoms with E-state index in [0.717, 1.165) is 28.0 Å². The predicted molar refractivity (Wildman–Crippen MR) is 112 cm³/mol. The number of carbonyl (C=O) groups is 1. The minimum Gasteiger partial charge on any atom is -0.345 e. The molecule has 1 atom stereocenters. The molecule has 5 nitrogen and oxygen atoms in total. The number of nitrogens with one attached hydrogen (secondary N) is 1. The molecule has 0 radical (unpaired) electrons. The van der Waals surface area contributed by atoms with Crippen LogP contribution >= 0.6 is 11.3 Å². The van der Waals surface area contributed by atoms with Crippen LogP contribution in [0.15, 0.2) is 64.9 Å². The molecule has 3 aromatic rings. The summed E-state index contributed by atoms with van der Waals surface area (Å²) in [6, 6.07) is 18.7. The highest BCUT2D eigenvalue weighted by Crippen LogP contribution is 2.25. The maximum absolute atomic E-state index is 12.7. The third-order valence-electron chi connectivity index (χ3n) is 4.55. The van der Waals surface area contributed by atoms with Crippen molar-refractivity contribution in [3.05, 3.63) is 87.8 Å². The summed E-state index contributed by atoms with van der Waals surface area (Å²) >= 11 is 1.02. The summed E-state index contributed by atoms with van der Waals surface area (Å²) in [7, 11) is -3.75. The van der Waals surface area contributed by atoms with Crippen molar-refractivity contribution in [1.82, 2.24) is 5.32 Å². The summed E-state index contributed by atoms with van der Waals surface area (Å²) < 4.78 is 22.9. The van der Waals surface area contributed by atoms with E-state index < -0.39 is 10.0 Å².